The molecule has 8 heteroatoms. The molecule has 0 rings (SSSR count). The van der Waals surface area contributed by atoms with Crippen LogP contribution in [0.15, 0.2) is 0 Å². The summed E-state index contributed by atoms with van der Waals surface area (Å²) in [5.74, 6) is 0. The van der Waals surface area contributed by atoms with Crippen LogP contribution in [-0.2, 0) is 4.57 Å². The zero-order valence-electron chi connectivity index (χ0n) is 5.81. The smallest absolute Gasteiger partial charge is 1.00 e. The monoisotopic (exact) mass is 276 g/mol. The van der Waals surface area contributed by atoms with E-state index in [1.807, 2.05) is 0 Å². The fraction of sp³-hybridized carbons (Fsp3) is 0. The quantitative estimate of drug-likeness (QED) is 0.359. The van der Waals surface area contributed by atoms with Crippen molar-refractivity contribution in [1.29, 1.82) is 0 Å². The minimum absolute atomic E-state index is 0. The Labute approximate surface area is 88.1 Å². The van der Waals surface area contributed by atoms with E-state index in [9.17, 15) is 0 Å². The first-order valence-electron chi connectivity index (χ1n) is 0.783. The molecule has 0 fully saturated rings. The van der Waals surface area contributed by atoms with Crippen LogP contribution in [0.2, 0.25) is 0 Å². The first kappa shape index (κ1) is 22.7. The second-order valence-corrected chi connectivity index (χ2v) is 1.54. The molecule has 0 bridgehead atoms. The van der Waals surface area contributed by atoms with Crippen molar-refractivity contribution in [2.24, 2.45) is 0 Å². The average Bonchev–Trinajstić information content (AvgIpc) is 0.722. The molecule has 0 aromatic rings. The van der Waals surface area contributed by atoms with E-state index in [4.69, 9.17) is 19.2 Å². The maximum Gasteiger partial charge on any atom is 2.00 e. The Bertz CT molecular complexity index is 65.8. The Morgan fingerprint density at radius 3 is 1.25 bits per heavy atom. The van der Waals surface area contributed by atoms with Crippen molar-refractivity contribution in [3.8, 4) is 0 Å². The van der Waals surface area contributed by atoms with Crippen LogP contribution in [0.5, 0.6) is 0 Å². The number of rotatable bonds is 0. The third-order valence-electron chi connectivity index (χ3n) is 0. The van der Waals surface area contributed by atoms with E-state index >= 15 is 0 Å². The van der Waals surface area contributed by atoms with E-state index in [-0.39, 0.29) is 61.9 Å². The minimum Gasteiger partial charge on any atom is -1.00 e. The fourth-order valence-electron chi connectivity index (χ4n) is 0. The van der Waals surface area contributed by atoms with Gasteiger partial charge in [-0.25, -0.2) is 4.57 Å². The van der Waals surface area contributed by atoms with Gasteiger partial charge < -0.3 is 23.0 Å². The summed E-state index contributed by atoms with van der Waals surface area (Å²) in [4.78, 5) is 21.6. The van der Waals surface area contributed by atoms with Crippen molar-refractivity contribution in [3.05, 3.63) is 0 Å². The molecule has 0 radical (unpaired) electrons. The van der Waals surface area contributed by atoms with E-state index in [2.05, 4.69) is 0 Å². The predicted molar refractivity (Wildman–Crippen MR) is 28.4 cm³/mol. The molecule has 0 saturated carbocycles. The Morgan fingerprint density at radius 1 is 1.25 bits per heavy atom. The Hall–Kier alpha value is 1.57. The van der Waals surface area contributed by atoms with E-state index in [1.165, 1.54) is 0 Å². The van der Waals surface area contributed by atoms with E-state index in [0.29, 0.717) is 0 Å². The van der Waals surface area contributed by atoms with Crippen molar-refractivity contribution in [2.45, 2.75) is 0 Å². The molecule has 0 aliphatic carbocycles. The minimum atomic E-state index is -4.64. The summed E-state index contributed by atoms with van der Waals surface area (Å²) in [6, 6.07) is 0. The van der Waals surface area contributed by atoms with Gasteiger partial charge in [-0.15, -0.1) is 0 Å². The summed E-state index contributed by atoms with van der Waals surface area (Å²) < 4.78 is 8.88. The zero-order chi connectivity index (χ0) is 4.50. The Kier molecular flexibility index (Phi) is 24.3. The summed E-state index contributed by atoms with van der Waals surface area (Å²) in [5.41, 5.74) is 0. The van der Waals surface area contributed by atoms with Gasteiger partial charge in [0.1, 0.15) is 0 Å². The third-order valence-corrected chi connectivity index (χ3v) is 0. The van der Waals surface area contributed by atoms with Crippen LogP contribution in [0.25, 0.3) is 0 Å². The van der Waals surface area contributed by atoms with Crippen LogP contribution in [0.4, 0.5) is 4.70 Å². The van der Waals surface area contributed by atoms with Crippen molar-refractivity contribution >= 4 is 56.7 Å². The van der Waals surface area contributed by atoms with E-state index in [0.717, 1.165) is 0 Å². The van der Waals surface area contributed by atoms with E-state index < -0.39 is 7.82 Å². The fourth-order valence-corrected chi connectivity index (χ4v) is 0. The van der Waals surface area contributed by atoms with Crippen molar-refractivity contribution in [2.75, 3.05) is 0 Å². The summed E-state index contributed by atoms with van der Waals surface area (Å²) in [5, 5.41) is 0. The first-order chi connectivity index (χ1) is 2.00. The second-order valence-electron chi connectivity index (χ2n) is 0.513. The summed E-state index contributed by atoms with van der Waals surface area (Å²) >= 11 is 0. The molecule has 8 heavy (non-hydrogen) atoms. The third kappa shape index (κ3) is 132. The number of phosphoric acid groups is 1. The molecule has 5 N–H and O–H groups in total. The molecule has 0 unspecified atom stereocenters. The zero-order valence-corrected chi connectivity index (χ0v) is 9.15. The Balaban J connectivity index is -0.00000000800. The van der Waals surface area contributed by atoms with E-state index in [1.54, 1.807) is 0 Å². The Morgan fingerprint density at radius 2 is 1.25 bits per heavy atom. The molecule has 0 aromatic heterocycles. The van der Waals surface area contributed by atoms with Gasteiger partial charge in [-0.2, -0.15) is 0 Å². The molecule has 0 atom stereocenters. The van der Waals surface area contributed by atoms with Crippen molar-refractivity contribution < 1.29 is 32.3 Å². The molecule has 0 saturated heterocycles. The van der Waals surface area contributed by atoms with Crippen LogP contribution in [0, 0.1) is 0 Å². The van der Waals surface area contributed by atoms with Gasteiger partial charge in [0.2, 0.25) is 0 Å². The summed E-state index contributed by atoms with van der Waals surface area (Å²) in [7, 11) is -4.64. The molecule has 0 heterocycles. The largest absolute Gasteiger partial charge is 2.00 e. The average molecular weight is 275 g/mol. The standard InChI is InChI=1S/Ba.FH.H3O4P.H2O.2H/c;;1-5(2,3)4;;;/h;1H;(H3,1,2,3,4);1H2;;/q+2;;;;2*-1. The molecule has 0 spiro atoms. The van der Waals surface area contributed by atoms with Gasteiger partial charge >= 0.3 is 56.7 Å². The molecule has 0 aliphatic rings. The normalized spacial score (nSPS) is 7.38. The van der Waals surface area contributed by atoms with Gasteiger partial charge in [0, 0.05) is 0 Å². The van der Waals surface area contributed by atoms with Crippen LogP contribution in [-0.4, -0.2) is 69.0 Å². The summed E-state index contributed by atoms with van der Waals surface area (Å²) in [6.07, 6.45) is 0. The number of halogens is 1. The first-order valence-corrected chi connectivity index (χ1v) is 2.35. The molecular formula is H8BaFO5P. The maximum atomic E-state index is 8.88. The van der Waals surface area contributed by atoms with Gasteiger partial charge in [-0.1, -0.05) is 0 Å². The molecule has 0 amide bonds. The van der Waals surface area contributed by atoms with Gasteiger partial charge in [-0.05, 0) is 0 Å². The van der Waals surface area contributed by atoms with Crippen LogP contribution in [0.1, 0.15) is 2.85 Å². The van der Waals surface area contributed by atoms with Crippen LogP contribution in [0.3, 0.4) is 0 Å². The topological polar surface area (TPSA) is 109 Å². The molecular weight excluding hydrogens is 267 g/mol. The van der Waals surface area contributed by atoms with Gasteiger partial charge in [0.15, 0.2) is 0 Å². The second kappa shape index (κ2) is 8.57. The van der Waals surface area contributed by atoms with Crippen LogP contribution >= 0.6 is 7.82 Å². The molecule has 0 aromatic carbocycles. The maximum absolute atomic E-state index is 8.88. The van der Waals surface area contributed by atoms with Crippen molar-refractivity contribution in [1.82, 2.24) is 0 Å². The number of hydrogen-bond acceptors (Lipinski definition) is 1. The molecule has 5 nitrogen and oxygen atoms in total. The van der Waals surface area contributed by atoms with Gasteiger partial charge in [0.25, 0.3) is 0 Å². The van der Waals surface area contributed by atoms with Gasteiger partial charge in [0.05, 0.1) is 0 Å². The SMILES string of the molecule is F.O.O=P(O)(O)O.[Ba+2].[H-].[H-]. The van der Waals surface area contributed by atoms with Crippen LogP contribution < -0.4 is 0 Å². The predicted octanol–water partition coefficient (Wildman–Crippen LogP) is -1.76. The van der Waals surface area contributed by atoms with Crippen molar-refractivity contribution in [3.63, 3.8) is 0 Å². The molecule has 52 valence electrons. The molecule has 0 aliphatic heterocycles. The summed E-state index contributed by atoms with van der Waals surface area (Å²) in [6.45, 7) is 0. The van der Waals surface area contributed by atoms with Gasteiger partial charge in [-0.3, -0.25) is 4.70 Å². The number of hydrogen-bond donors (Lipinski definition) is 3.